The minimum absolute atomic E-state index is 0.0529. The molecule has 0 radical (unpaired) electrons. The molecule has 1 atom stereocenters. The van der Waals surface area contributed by atoms with Gasteiger partial charge in [-0.3, -0.25) is 4.79 Å². The van der Waals surface area contributed by atoms with Gasteiger partial charge in [-0.1, -0.05) is 11.6 Å². The Balaban J connectivity index is 2.13. The second kappa shape index (κ2) is 5.37. The van der Waals surface area contributed by atoms with Crippen LogP contribution in [0.25, 0.3) is 0 Å². The summed E-state index contributed by atoms with van der Waals surface area (Å²) in [6.45, 7) is 0.827. The quantitative estimate of drug-likeness (QED) is 0.780. The molecule has 0 aliphatic carbocycles. The van der Waals surface area contributed by atoms with E-state index in [0.717, 1.165) is 19.4 Å². The molecule has 1 aromatic rings. The third-order valence-electron chi connectivity index (χ3n) is 2.79. The third-order valence-corrected chi connectivity index (χ3v) is 3.01. The fraction of sp³-hybridized carbons (Fsp3) is 0.333. The Morgan fingerprint density at radius 1 is 1.39 bits per heavy atom. The van der Waals surface area contributed by atoms with Gasteiger partial charge in [-0.2, -0.15) is 0 Å². The number of amides is 1. The first-order valence-electron chi connectivity index (χ1n) is 5.64. The lowest BCUT2D eigenvalue weighted by molar-refractivity contribution is -0.117. The van der Waals surface area contributed by atoms with Gasteiger partial charge >= 0.3 is 5.97 Å². The molecule has 18 heavy (non-hydrogen) atoms. The van der Waals surface area contributed by atoms with E-state index in [0.29, 0.717) is 5.69 Å². The summed E-state index contributed by atoms with van der Waals surface area (Å²) < 4.78 is 0. The Bertz CT molecular complexity index is 484. The van der Waals surface area contributed by atoms with Crippen molar-refractivity contribution in [3.63, 3.8) is 0 Å². The van der Waals surface area contributed by atoms with Gasteiger partial charge in [0.05, 0.1) is 11.6 Å². The van der Waals surface area contributed by atoms with Crippen molar-refractivity contribution >= 4 is 29.2 Å². The summed E-state index contributed by atoms with van der Waals surface area (Å²) in [7, 11) is 0. The van der Waals surface area contributed by atoms with E-state index in [9.17, 15) is 9.59 Å². The van der Waals surface area contributed by atoms with E-state index in [1.165, 1.54) is 18.2 Å². The Morgan fingerprint density at radius 2 is 2.17 bits per heavy atom. The van der Waals surface area contributed by atoms with Gasteiger partial charge in [-0.15, -0.1) is 0 Å². The predicted octanol–water partition coefficient (Wildman–Crippen LogP) is 1.73. The van der Waals surface area contributed by atoms with Gasteiger partial charge in [-0.05, 0) is 37.6 Å². The molecule has 2 rings (SSSR count). The van der Waals surface area contributed by atoms with Crippen molar-refractivity contribution in [3.05, 3.63) is 28.8 Å². The monoisotopic (exact) mass is 268 g/mol. The molecule has 1 fully saturated rings. The standard InChI is InChI=1S/C12H13ClN2O3/c13-8-4-7(12(17)18)5-9(6-8)15-11(16)10-2-1-3-14-10/h4-6,10,14H,1-3H2,(H,15,16)(H,17,18). The van der Waals surface area contributed by atoms with Crippen LogP contribution in [-0.2, 0) is 4.79 Å². The van der Waals surface area contributed by atoms with E-state index in [1.807, 2.05) is 0 Å². The number of anilines is 1. The van der Waals surface area contributed by atoms with Crippen molar-refractivity contribution < 1.29 is 14.7 Å². The fourth-order valence-corrected chi connectivity index (χ4v) is 2.16. The zero-order valence-corrected chi connectivity index (χ0v) is 10.3. The topological polar surface area (TPSA) is 78.4 Å². The number of aromatic carboxylic acids is 1. The van der Waals surface area contributed by atoms with Crippen LogP contribution in [0, 0.1) is 0 Å². The second-order valence-corrected chi connectivity index (χ2v) is 4.61. The van der Waals surface area contributed by atoms with Crippen LogP contribution in [0.4, 0.5) is 5.69 Å². The van der Waals surface area contributed by atoms with Gasteiger partial charge in [0, 0.05) is 10.7 Å². The van der Waals surface area contributed by atoms with Crippen LogP contribution in [-0.4, -0.2) is 29.6 Å². The van der Waals surface area contributed by atoms with Gasteiger partial charge in [0.1, 0.15) is 0 Å². The number of benzene rings is 1. The van der Waals surface area contributed by atoms with Crippen LogP contribution in [0.2, 0.25) is 5.02 Å². The molecule has 0 aromatic heterocycles. The van der Waals surface area contributed by atoms with Crippen LogP contribution in [0.1, 0.15) is 23.2 Å². The smallest absolute Gasteiger partial charge is 0.335 e. The van der Waals surface area contributed by atoms with Gasteiger partial charge in [-0.25, -0.2) is 4.79 Å². The minimum Gasteiger partial charge on any atom is -0.478 e. The summed E-state index contributed by atoms with van der Waals surface area (Å²) in [4.78, 5) is 22.7. The molecule has 3 N–H and O–H groups in total. The maximum atomic E-state index is 11.8. The largest absolute Gasteiger partial charge is 0.478 e. The first-order valence-corrected chi connectivity index (χ1v) is 6.02. The highest BCUT2D eigenvalue weighted by atomic mass is 35.5. The molecule has 5 nitrogen and oxygen atoms in total. The predicted molar refractivity (Wildman–Crippen MR) is 68.1 cm³/mol. The number of hydrogen-bond acceptors (Lipinski definition) is 3. The minimum atomic E-state index is -1.08. The van der Waals surface area contributed by atoms with Gasteiger partial charge in [0.15, 0.2) is 0 Å². The zero-order valence-electron chi connectivity index (χ0n) is 9.57. The Labute approximate surface area is 109 Å². The van der Waals surface area contributed by atoms with E-state index in [4.69, 9.17) is 16.7 Å². The van der Waals surface area contributed by atoms with Crippen molar-refractivity contribution in [3.8, 4) is 0 Å². The number of carboxylic acids is 1. The molecule has 1 amide bonds. The Morgan fingerprint density at radius 3 is 2.78 bits per heavy atom. The highest BCUT2D eigenvalue weighted by molar-refractivity contribution is 6.31. The number of carbonyl (C=O) groups is 2. The summed E-state index contributed by atoms with van der Waals surface area (Å²) in [6.07, 6.45) is 1.76. The number of carbonyl (C=O) groups excluding carboxylic acids is 1. The summed E-state index contributed by atoms with van der Waals surface area (Å²) >= 11 is 5.81. The molecule has 96 valence electrons. The Kier molecular flexibility index (Phi) is 3.84. The van der Waals surface area contributed by atoms with Crippen molar-refractivity contribution in [1.82, 2.24) is 5.32 Å². The van der Waals surface area contributed by atoms with E-state index >= 15 is 0 Å². The number of rotatable bonds is 3. The highest BCUT2D eigenvalue weighted by Crippen LogP contribution is 2.20. The lowest BCUT2D eigenvalue weighted by Crippen LogP contribution is -2.35. The van der Waals surface area contributed by atoms with Crippen LogP contribution >= 0.6 is 11.6 Å². The molecule has 1 saturated heterocycles. The Hall–Kier alpha value is -1.59. The summed E-state index contributed by atoms with van der Waals surface area (Å²) in [5, 5.41) is 14.9. The van der Waals surface area contributed by atoms with Crippen molar-refractivity contribution in [2.75, 3.05) is 11.9 Å². The molecule has 1 heterocycles. The molecule has 0 spiro atoms. The van der Waals surface area contributed by atoms with Crippen molar-refractivity contribution in [2.24, 2.45) is 0 Å². The average Bonchev–Trinajstić information content (AvgIpc) is 2.81. The number of hydrogen-bond donors (Lipinski definition) is 3. The molecule has 0 bridgehead atoms. The number of nitrogens with one attached hydrogen (secondary N) is 2. The summed E-state index contributed by atoms with van der Waals surface area (Å²) in [6, 6.07) is 4.05. The normalized spacial score (nSPS) is 18.6. The molecule has 1 aliphatic heterocycles. The summed E-state index contributed by atoms with van der Waals surface area (Å²) in [5.41, 5.74) is 0.454. The maximum Gasteiger partial charge on any atom is 0.335 e. The molecule has 1 aliphatic rings. The second-order valence-electron chi connectivity index (χ2n) is 4.17. The van der Waals surface area contributed by atoms with E-state index in [2.05, 4.69) is 10.6 Å². The zero-order chi connectivity index (χ0) is 13.1. The third kappa shape index (κ3) is 3.00. The maximum absolute atomic E-state index is 11.8. The molecule has 1 unspecified atom stereocenters. The molecular weight excluding hydrogens is 256 g/mol. The number of halogens is 1. The molecule has 0 saturated carbocycles. The molecule has 6 heteroatoms. The first kappa shape index (κ1) is 12.9. The summed E-state index contributed by atoms with van der Waals surface area (Å²) in [5.74, 6) is -1.24. The fourth-order valence-electron chi connectivity index (χ4n) is 1.92. The van der Waals surface area contributed by atoms with Crippen LogP contribution in [0.3, 0.4) is 0 Å². The van der Waals surface area contributed by atoms with Crippen LogP contribution in [0.15, 0.2) is 18.2 Å². The first-order chi connectivity index (χ1) is 8.56. The highest BCUT2D eigenvalue weighted by Gasteiger charge is 2.22. The van der Waals surface area contributed by atoms with Gasteiger partial charge < -0.3 is 15.7 Å². The van der Waals surface area contributed by atoms with Crippen molar-refractivity contribution in [1.29, 1.82) is 0 Å². The van der Waals surface area contributed by atoms with E-state index in [1.54, 1.807) is 0 Å². The van der Waals surface area contributed by atoms with Gasteiger partial charge in [0.2, 0.25) is 5.91 Å². The number of carboxylic acid groups (broad SMARTS) is 1. The lowest BCUT2D eigenvalue weighted by Gasteiger charge is -2.11. The SMILES string of the molecule is O=C(O)c1cc(Cl)cc(NC(=O)C2CCCN2)c1. The molecular formula is C12H13ClN2O3. The molecule has 1 aromatic carbocycles. The van der Waals surface area contributed by atoms with E-state index in [-0.39, 0.29) is 22.5 Å². The van der Waals surface area contributed by atoms with Gasteiger partial charge in [0.25, 0.3) is 0 Å². The average molecular weight is 269 g/mol. The van der Waals surface area contributed by atoms with Crippen molar-refractivity contribution in [2.45, 2.75) is 18.9 Å². The van der Waals surface area contributed by atoms with Crippen LogP contribution in [0.5, 0.6) is 0 Å². The lowest BCUT2D eigenvalue weighted by atomic mass is 10.1. The van der Waals surface area contributed by atoms with E-state index < -0.39 is 5.97 Å². The van der Waals surface area contributed by atoms with Crippen LogP contribution < -0.4 is 10.6 Å².